The molecule has 1 aromatic heterocycles. The molecule has 124 valence electrons. The second-order valence-corrected chi connectivity index (χ2v) is 6.84. The highest BCUT2D eigenvalue weighted by Gasteiger charge is 2.33. The summed E-state index contributed by atoms with van der Waals surface area (Å²) < 4.78 is 49.9. The van der Waals surface area contributed by atoms with Gasteiger partial charge in [0.05, 0.1) is 11.5 Å². The number of aromatic amines is 1. The van der Waals surface area contributed by atoms with E-state index in [0.717, 1.165) is 0 Å². The molecule has 10 heteroatoms. The lowest BCUT2D eigenvalue weighted by molar-refractivity contribution is -0.141. The van der Waals surface area contributed by atoms with Crippen LogP contribution in [0.3, 0.4) is 0 Å². The summed E-state index contributed by atoms with van der Waals surface area (Å²) in [5, 5.41) is 0.713. The summed E-state index contributed by atoms with van der Waals surface area (Å²) in [5.41, 5.74) is -1.75. The number of hydrogen-bond donors (Lipinski definition) is 1. The maximum atomic E-state index is 12.6. The van der Waals surface area contributed by atoms with Crippen molar-refractivity contribution in [3.8, 4) is 0 Å². The maximum Gasteiger partial charge on any atom is 0.433 e. The van der Waals surface area contributed by atoms with Crippen LogP contribution in [0.25, 0.3) is 0 Å². The van der Waals surface area contributed by atoms with Crippen LogP contribution in [-0.2, 0) is 28.5 Å². The number of rotatable bonds is 4. The molecule has 4 nitrogen and oxygen atoms in total. The third-order valence-electron chi connectivity index (χ3n) is 2.71. The Morgan fingerprint density at radius 3 is 2.48 bits per heavy atom. The Kier molecular flexibility index (Phi) is 5.49. The van der Waals surface area contributed by atoms with Crippen molar-refractivity contribution in [2.45, 2.75) is 17.7 Å². The summed E-state index contributed by atoms with van der Waals surface area (Å²) >= 11 is 11.7. The van der Waals surface area contributed by atoms with Crippen molar-refractivity contribution in [3.63, 3.8) is 0 Å². The zero-order valence-corrected chi connectivity index (χ0v) is 13.6. The van der Waals surface area contributed by atoms with Crippen LogP contribution >= 0.6 is 23.2 Å². The Balaban J connectivity index is 2.17. The summed E-state index contributed by atoms with van der Waals surface area (Å²) in [6.45, 7) is 0. The molecular formula is C13H9Cl2F3N2O2S. The fourth-order valence-electron chi connectivity index (χ4n) is 1.74. The van der Waals surface area contributed by atoms with Crippen molar-refractivity contribution >= 4 is 34.0 Å². The second-order valence-electron chi connectivity index (χ2n) is 4.54. The van der Waals surface area contributed by atoms with E-state index in [2.05, 4.69) is 9.97 Å². The number of alkyl halides is 3. The van der Waals surface area contributed by atoms with Crippen molar-refractivity contribution < 1.29 is 17.4 Å². The van der Waals surface area contributed by atoms with Crippen molar-refractivity contribution in [1.82, 2.24) is 9.97 Å². The van der Waals surface area contributed by atoms with Crippen LogP contribution in [0, 0.1) is 0 Å². The van der Waals surface area contributed by atoms with E-state index in [1.807, 2.05) is 0 Å². The van der Waals surface area contributed by atoms with Crippen LogP contribution in [0.1, 0.15) is 17.1 Å². The number of H-pyrrole nitrogens is 1. The average molecular weight is 385 g/mol. The largest absolute Gasteiger partial charge is 0.433 e. The van der Waals surface area contributed by atoms with Crippen molar-refractivity contribution in [1.29, 1.82) is 0 Å². The molecule has 0 amide bonds. The zero-order chi connectivity index (χ0) is 17.2. The van der Waals surface area contributed by atoms with Crippen LogP contribution in [0.2, 0.25) is 10.0 Å². The highest BCUT2D eigenvalue weighted by atomic mass is 35.5. The standard InChI is InChI=1S/C13H9Cl2F3N2O2S/c14-8-2-1-7(9(15)3-8)5-23(22)6-11-19-10(13(16,17)18)4-12(21)20-11/h1-4H,5-6H2,(H,19,20,21). The van der Waals surface area contributed by atoms with E-state index in [4.69, 9.17) is 23.2 Å². The summed E-state index contributed by atoms with van der Waals surface area (Å²) in [4.78, 5) is 16.7. The molecule has 2 rings (SSSR count). The second kappa shape index (κ2) is 7.02. The number of nitrogens with zero attached hydrogens (tertiary/aromatic N) is 1. The van der Waals surface area contributed by atoms with Gasteiger partial charge in [-0.05, 0) is 17.7 Å². The minimum Gasteiger partial charge on any atom is -0.310 e. The number of benzene rings is 1. The van der Waals surface area contributed by atoms with Crippen molar-refractivity contribution in [2.24, 2.45) is 0 Å². The van der Waals surface area contributed by atoms with Gasteiger partial charge >= 0.3 is 6.18 Å². The van der Waals surface area contributed by atoms with E-state index >= 15 is 0 Å². The van der Waals surface area contributed by atoms with Gasteiger partial charge in [0, 0.05) is 26.9 Å². The molecule has 0 saturated carbocycles. The topological polar surface area (TPSA) is 62.8 Å². The van der Waals surface area contributed by atoms with Gasteiger partial charge in [-0.1, -0.05) is 29.3 Å². The van der Waals surface area contributed by atoms with Crippen LogP contribution < -0.4 is 5.56 Å². The van der Waals surface area contributed by atoms with Crippen LogP contribution in [0.5, 0.6) is 0 Å². The minimum absolute atomic E-state index is 0.00401. The molecule has 1 heterocycles. The Morgan fingerprint density at radius 1 is 1.17 bits per heavy atom. The molecule has 0 spiro atoms. The SMILES string of the molecule is O=c1cc(C(F)(F)F)nc(CS(=O)Cc2ccc(Cl)cc2Cl)[nH]1. The molecule has 0 saturated heterocycles. The zero-order valence-electron chi connectivity index (χ0n) is 11.3. The summed E-state index contributed by atoms with van der Waals surface area (Å²) in [5.74, 6) is -0.637. The van der Waals surface area contributed by atoms with E-state index in [-0.39, 0.29) is 17.3 Å². The lowest BCUT2D eigenvalue weighted by Crippen LogP contribution is -2.19. The monoisotopic (exact) mass is 384 g/mol. The molecule has 1 atom stereocenters. The lowest BCUT2D eigenvalue weighted by Gasteiger charge is -2.08. The third-order valence-corrected chi connectivity index (χ3v) is 4.53. The van der Waals surface area contributed by atoms with Gasteiger partial charge in [0.15, 0.2) is 5.69 Å². The van der Waals surface area contributed by atoms with Gasteiger partial charge in [-0.25, -0.2) is 4.98 Å². The maximum absolute atomic E-state index is 12.6. The molecular weight excluding hydrogens is 376 g/mol. The van der Waals surface area contributed by atoms with Gasteiger partial charge in [-0.2, -0.15) is 13.2 Å². The highest BCUT2D eigenvalue weighted by Crippen LogP contribution is 2.26. The van der Waals surface area contributed by atoms with Crippen LogP contribution in [0.4, 0.5) is 13.2 Å². The predicted molar refractivity (Wildman–Crippen MR) is 81.9 cm³/mol. The number of halogens is 5. The molecule has 0 radical (unpaired) electrons. The van der Waals surface area contributed by atoms with Gasteiger partial charge in [-0.3, -0.25) is 9.00 Å². The first-order chi connectivity index (χ1) is 10.6. The first-order valence-corrected chi connectivity index (χ1v) is 8.36. The van der Waals surface area contributed by atoms with Crippen molar-refractivity contribution in [3.05, 3.63) is 61.7 Å². The van der Waals surface area contributed by atoms with E-state index in [9.17, 15) is 22.2 Å². The smallest absolute Gasteiger partial charge is 0.310 e. The summed E-state index contributed by atoms with van der Waals surface area (Å²) in [6.07, 6.45) is -4.75. The number of aromatic nitrogens is 2. The van der Waals surface area contributed by atoms with E-state index in [0.29, 0.717) is 21.7 Å². The average Bonchev–Trinajstić information content (AvgIpc) is 2.40. The molecule has 2 aromatic rings. The molecule has 23 heavy (non-hydrogen) atoms. The predicted octanol–water partition coefficient (Wildman–Crippen LogP) is 3.54. The van der Waals surface area contributed by atoms with E-state index < -0.39 is 28.2 Å². The molecule has 0 aliphatic heterocycles. The van der Waals surface area contributed by atoms with Gasteiger partial charge in [0.2, 0.25) is 0 Å². The molecule has 0 aliphatic rings. The van der Waals surface area contributed by atoms with E-state index in [1.54, 1.807) is 12.1 Å². The fraction of sp³-hybridized carbons (Fsp3) is 0.231. The summed E-state index contributed by atoms with van der Waals surface area (Å²) in [7, 11) is -1.61. The van der Waals surface area contributed by atoms with E-state index in [1.165, 1.54) is 6.07 Å². The minimum atomic E-state index is -4.75. The normalized spacial score (nSPS) is 13.1. The molecule has 0 bridgehead atoms. The number of hydrogen-bond acceptors (Lipinski definition) is 3. The van der Waals surface area contributed by atoms with Gasteiger partial charge in [0.25, 0.3) is 5.56 Å². The van der Waals surface area contributed by atoms with Crippen LogP contribution in [-0.4, -0.2) is 14.2 Å². The molecule has 1 N–H and O–H groups in total. The first-order valence-electron chi connectivity index (χ1n) is 6.11. The Labute approximate surface area is 141 Å². The Bertz CT molecular complexity index is 809. The molecule has 0 aliphatic carbocycles. The van der Waals surface area contributed by atoms with Gasteiger partial charge in [-0.15, -0.1) is 0 Å². The quantitative estimate of drug-likeness (QED) is 0.876. The molecule has 1 unspecified atom stereocenters. The summed E-state index contributed by atoms with van der Waals surface area (Å²) in [6, 6.07) is 4.96. The third kappa shape index (κ3) is 5.05. The Hall–Kier alpha value is -1.38. The number of nitrogens with one attached hydrogen (secondary N) is 1. The van der Waals surface area contributed by atoms with Gasteiger partial charge < -0.3 is 4.98 Å². The molecule has 1 aromatic carbocycles. The van der Waals surface area contributed by atoms with Crippen LogP contribution in [0.15, 0.2) is 29.1 Å². The first kappa shape index (κ1) is 18.0. The lowest BCUT2D eigenvalue weighted by atomic mass is 10.2. The highest BCUT2D eigenvalue weighted by molar-refractivity contribution is 7.83. The van der Waals surface area contributed by atoms with Crippen molar-refractivity contribution in [2.75, 3.05) is 0 Å². The Morgan fingerprint density at radius 2 is 1.87 bits per heavy atom. The molecule has 0 fully saturated rings. The fourth-order valence-corrected chi connectivity index (χ4v) is 3.43. The van der Waals surface area contributed by atoms with Gasteiger partial charge in [0.1, 0.15) is 5.82 Å².